The van der Waals surface area contributed by atoms with Gasteiger partial charge in [-0.1, -0.05) is 0 Å². The van der Waals surface area contributed by atoms with Crippen LogP contribution in [0.5, 0.6) is 11.5 Å². The van der Waals surface area contributed by atoms with Crippen molar-refractivity contribution >= 4 is 11.5 Å². The van der Waals surface area contributed by atoms with Crippen LogP contribution in [0.4, 0.5) is 5.82 Å². The van der Waals surface area contributed by atoms with E-state index in [1.165, 1.54) is 0 Å². The molecular weight excluding hydrogens is 306 g/mol. The number of ether oxygens (including phenoxy) is 2. The average molecular weight is 325 g/mol. The lowest BCUT2D eigenvalue weighted by molar-refractivity contribution is 0.170. The largest absolute Gasteiger partial charge is 0.497 e. The molecule has 1 aromatic carbocycles. The number of hydrogen-bond acceptors (Lipinski definition) is 6. The number of hydrogen-bond donors (Lipinski definition) is 0. The third kappa shape index (κ3) is 2.97. The van der Waals surface area contributed by atoms with Gasteiger partial charge in [0.05, 0.1) is 7.11 Å². The zero-order valence-electron chi connectivity index (χ0n) is 13.5. The lowest BCUT2D eigenvalue weighted by atomic mass is 10.1. The Labute approximate surface area is 139 Å². The fourth-order valence-electron chi connectivity index (χ4n) is 2.94. The molecule has 0 atom stereocenters. The second-order valence-electron chi connectivity index (χ2n) is 5.81. The van der Waals surface area contributed by atoms with E-state index < -0.39 is 0 Å². The van der Waals surface area contributed by atoms with Gasteiger partial charge in [-0.3, -0.25) is 0 Å². The number of methoxy groups -OCH3 is 1. The Bertz CT molecular complexity index is 809. The van der Waals surface area contributed by atoms with Gasteiger partial charge >= 0.3 is 0 Å². The summed E-state index contributed by atoms with van der Waals surface area (Å²) in [5, 5.41) is 12.4. The van der Waals surface area contributed by atoms with Crippen molar-refractivity contribution in [2.75, 3.05) is 25.1 Å². The Kier molecular flexibility index (Phi) is 3.90. The van der Waals surface area contributed by atoms with Crippen molar-refractivity contribution in [3.05, 3.63) is 42.7 Å². The van der Waals surface area contributed by atoms with Crippen molar-refractivity contribution in [1.29, 1.82) is 0 Å². The van der Waals surface area contributed by atoms with Crippen molar-refractivity contribution in [1.82, 2.24) is 19.8 Å². The second-order valence-corrected chi connectivity index (χ2v) is 5.81. The van der Waals surface area contributed by atoms with Gasteiger partial charge < -0.3 is 14.4 Å². The van der Waals surface area contributed by atoms with E-state index in [9.17, 15) is 0 Å². The molecule has 3 heterocycles. The van der Waals surface area contributed by atoms with Crippen LogP contribution in [0.15, 0.2) is 42.7 Å². The third-order valence-electron chi connectivity index (χ3n) is 4.28. The molecule has 0 radical (unpaired) electrons. The van der Waals surface area contributed by atoms with Gasteiger partial charge in [-0.05, 0) is 36.4 Å². The Morgan fingerprint density at radius 3 is 2.50 bits per heavy atom. The molecule has 2 aromatic heterocycles. The van der Waals surface area contributed by atoms with Gasteiger partial charge in [0.25, 0.3) is 0 Å². The monoisotopic (exact) mass is 325 g/mol. The van der Waals surface area contributed by atoms with E-state index in [4.69, 9.17) is 9.47 Å². The summed E-state index contributed by atoms with van der Waals surface area (Å²) in [4.78, 5) is 2.27. The maximum absolute atomic E-state index is 6.07. The number of fused-ring (bicyclic) bond motifs is 1. The van der Waals surface area contributed by atoms with Crippen LogP contribution in [-0.4, -0.2) is 46.1 Å². The first-order valence-electron chi connectivity index (χ1n) is 8.04. The van der Waals surface area contributed by atoms with Gasteiger partial charge in [-0.2, -0.15) is 4.52 Å². The molecule has 7 nitrogen and oxygen atoms in total. The summed E-state index contributed by atoms with van der Waals surface area (Å²) >= 11 is 0. The molecule has 1 aliphatic rings. The molecular formula is C17H19N5O2. The Morgan fingerprint density at radius 2 is 1.75 bits per heavy atom. The first-order chi connectivity index (χ1) is 11.8. The summed E-state index contributed by atoms with van der Waals surface area (Å²) in [7, 11) is 1.66. The fourth-order valence-corrected chi connectivity index (χ4v) is 2.94. The van der Waals surface area contributed by atoms with Gasteiger partial charge in [0, 0.05) is 25.9 Å². The summed E-state index contributed by atoms with van der Waals surface area (Å²) in [5.41, 5.74) is 0.761. The topological polar surface area (TPSA) is 64.8 Å². The highest BCUT2D eigenvalue weighted by molar-refractivity contribution is 5.45. The molecule has 124 valence electrons. The van der Waals surface area contributed by atoms with Crippen molar-refractivity contribution < 1.29 is 9.47 Å². The van der Waals surface area contributed by atoms with E-state index in [-0.39, 0.29) is 6.10 Å². The summed E-state index contributed by atoms with van der Waals surface area (Å²) in [6.45, 7) is 1.84. The SMILES string of the molecule is COc1ccc(OC2CCN(c3ccc4nncn4n3)CC2)cc1. The lowest BCUT2D eigenvalue weighted by Crippen LogP contribution is -2.38. The van der Waals surface area contributed by atoms with E-state index in [0.29, 0.717) is 0 Å². The number of piperidine rings is 1. The molecule has 0 amide bonds. The molecule has 0 N–H and O–H groups in total. The summed E-state index contributed by atoms with van der Waals surface area (Å²) in [6, 6.07) is 11.7. The molecule has 0 spiro atoms. The summed E-state index contributed by atoms with van der Waals surface area (Å²) in [5.74, 6) is 2.68. The minimum Gasteiger partial charge on any atom is -0.497 e. The maximum Gasteiger partial charge on any atom is 0.177 e. The Balaban J connectivity index is 1.37. The molecule has 0 bridgehead atoms. The number of aromatic nitrogens is 4. The molecule has 1 aliphatic heterocycles. The van der Waals surface area contributed by atoms with Gasteiger partial charge in [0.1, 0.15) is 29.7 Å². The summed E-state index contributed by atoms with van der Waals surface area (Å²) < 4.78 is 12.9. The Hall–Kier alpha value is -2.83. The van der Waals surface area contributed by atoms with E-state index >= 15 is 0 Å². The van der Waals surface area contributed by atoms with Crippen LogP contribution in [0, 0.1) is 0 Å². The highest BCUT2D eigenvalue weighted by Gasteiger charge is 2.22. The van der Waals surface area contributed by atoms with Gasteiger partial charge in [-0.25, -0.2) is 0 Å². The van der Waals surface area contributed by atoms with Crippen LogP contribution in [0.1, 0.15) is 12.8 Å². The standard InChI is InChI=1S/C17H19N5O2/c1-23-13-2-4-14(5-3-13)24-15-8-10-21(11-9-15)17-7-6-16-19-18-12-22(16)20-17/h2-7,12,15H,8-11H2,1H3. The lowest BCUT2D eigenvalue weighted by Gasteiger charge is -2.32. The number of anilines is 1. The molecule has 4 rings (SSSR count). The number of rotatable bonds is 4. The minimum atomic E-state index is 0.230. The van der Waals surface area contributed by atoms with E-state index in [1.807, 2.05) is 36.4 Å². The van der Waals surface area contributed by atoms with Crippen LogP contribution in [0.25, 0.3) is 5.65 Å². The van der Waals surface area contributed by atoms with Crippen molar-refractivity contribution in [2.45, 2.75) is 18.9 Å². The summed E-state index contributed by atoms with van der Waals surface area (Å²) in [6.07, 6.45) is 3.79. The molecule has 0 unspecified atom stereocenters. The maximum atomic E-state index is 6.07. The molecule has 1 fully saturated rings. The Morgan fingerprint density at radius 1 is 1.00 bits per heavy atom. The molecule has 1 saturated heterocycles. The van der Waals surface area contributed by atoms with Gasteiger partial charge in [-0.15, -0.1) is 15.3 Å². The first kappa shape index (κ1) is 14.7. The van der Waals surface area contributed by atoms with E-state index in [0.717, 1.165) is 48.9 Å². The minimum absolute atomic E-state index is 0.230. The molecule has 3 aromatic rings. The molecule has 24 heavy (non-hydrogen) atoms. The van der Waals surface area contributed by atoms with Crippen LogP contribution >= 0.6 is 0 Å². The molecule has 0 aliphatic carbocycles. The van der Waals surface area contributed by atoms with Crippen LogP contribution in [0.2, 0.25) is 0 Å². The predicted octanol–water partition coefficient (Wildman–Crippen LogP) is 2.18. The number of benzene rings is 1. The fraction of sp³-hybridized carbons (Fsp3) is 0.353. The predicted molar refractivity (Wildman–Crippen MR) is 89.6 cm³/mol. The molecule has 0 saturated carbocycles. The third-order valence-corrected chi connectivity index (χ3v) is 4.28. The van der Waals surface area contributed by atoms with E-state index in [2.05, 4.69) is 20.2 Å². The van der Waals surface area contributed by atoms with Crippen molar-refractivity contribution in [2.24, 2.45) is 0 Å². The molecule has 7 heteroatoms. The van der Waals surface area contributed by atoms with Crippen LogP contribution < -0.4 is 14.4 Å². The highest BCUT2D eigenvalue weighted by Crippen LogP contribution is 2.23. The van der Waals surface area contributed by atoms with Gasteiger partial charge in [0.2, 0.25) is 0 Å². The van der Waals surface area contributed by atoms with Crippen LogP contribution in [0.3, 0.4) is 0 Å². The average Bonchev–Trinajstić information content (AvgIpc) is 3.11. The van der Waals surface area contributed by atoms with Crippen molar-refractivity contribution in [3.63, 3.8) is 0 Å². The van der Waals surface area contributed by atoms with E-state index in [1.54, 1.807) is 18.0 Å². The quantitative estimate of drug-likeness (QED) is 0.732. The van der Waals surface area contributed by atoms with Gasteiger partial charge in [0.15, 0.2) is 5.65 Å². The van der Waals surface area contributed by atoms with Crippen LogP contribution in [-0.2, 0) is 0 Å². The normalized spacial score (nSPS) is 15.6. The second kappa shape index (κ2) is 6.35. The zero-order chi connectivity index (χ0) is 16.4. The zero-order valence-corrected chi connectivity index (χ0v) is 13.5. The first-order valence-corrected chi connectivity index (χ1v) is 8.04. The van der Waals surface area contributed by atoms with Crippen molar-refractivity contribution in [3.8, 4) is 11.5 Å². The highest BCUT2D eigenvalue weighted by atomic mass is 16.5. The smallest absolute Gasteiger partial charge is 0.177 e. The number of nitrogens with zero attached hydrogens (tertiary/aromatic N) is 5.